The van der Waals surface area contributed by atoms with Crippen LogP contribution in [0.15, 0.2) is 35.3 Å². The second-order valence-electron chi connectivity index (χ2n) is 7.03. The van der Waals surface area contributed by atoms with Crippen LogP contribution in [0.3, 0.4) is 0 Å². The molecule has 1 saturated carbocycles. The third-order valence-corrected chi connectivity index (χ3v) is 5.47. The molecule has 3 unspecified atom stereocenters. The molecule has 1 aromatic rings. The van der Waals surface area contributed by atoms with Crippen molar-refractivity contribution in [1.29, 1.82) is 0 Å². The largest absolute Gasteiger partial charge is 0.381 e. The zero-order valence-corrected chi connectivity index (χ0v) is 13.3. The molecule has 3 aliphatic rings. The van der Waals surface area contributed by atoms with Crippen molar-refractivity contribution >= 4 is 5.96 Å². The Morgan fingerprint density at radius 3 is 2.91 bits per heavy atom. The lowest BCUT2D eigenvalue weighted by molar-refractivity contribution is 0.156. The average molecular weight is 299 g/mol. The average Bonchev–Trinajstić information content (AvgIpc) is 2.98. The molecule has 4 rings (SSSR count). The van der Waals surface area contributed by atoms with Crippen LogP contribution in [0.2, 0.25) is 0 Å². The summed E-state index contributed by atoms with van der Waals surface area (Å²) in [5, 5.41) is 3.67. The molecule has 3 atom stereocenters. The summed E-state index contributed by atoms with van der Waals surface area (Å²) in [5.74, 6) is 1.72. The SMILES string of the molecule is CN=C(NC1CC1c1ccccc1)N1CCC2(CCOC2)C1. The summed E-state index contributed by atoms with van der Waals surface area (Å²) < 4.78 is 5.63. The van der Waals surface area contributed by atoms with Crippen LogP contribution in [0, 0.1) is 5.41 Å². The number of nitrogens with one attached hydrogen (secondary N) is 1. The highest BCUT2D eigenvalue weighted by molar-refractivity contribution is 5.81. The molecule has 0 aromatic heterocycles. The minimum Gasteiger partial charge on any atom is -0.381 e. The van der Waals surface area contributed by atoms with E-state index in [1.54, 1.807) is 0 Å². The van der Waals surface area contributed by atoms with E-state index in [1.807, 2.05) is 7.05 Å². The van der Waals surface area contributed by atoms with Gasteiger partial charge in [0.05, 0.1) is 6.61 Å². The zero-order valence-electron chi connectivity index (χ0n) is 13.3. The number of hydrogen-bond acceptors (Lipinski definition) is 2. The summed E-state index contributed by atoms with van der Waals surface area (Å²) >= 11 is 0. The lowest BCUT2D eigenvalue weighted by atomic mass is 9.87. The van der Waals surface area contributed by atoms with Gasteiger partial charge in [0, 0.05) is 44.1 Å². The van der Waals surface area contributed by atoms with E-state index in [2.05, 4.69) is 45.5 Å². The van der Waals surface area contributed by atoms with Crippen molar-refractivity contribution in [3.05, 3.63) is 35.9 Å². The fraction of sp³-hybridized carbons (Fsp3) is 0.611. The Bertz CT molecular complexity index is 551. The van der Waals surface area contributed by atoms with E-state index in [-0.39, 0.29) is 0 Å². The van der Waals surface area contributed by atoms with E-state index in [1.165, 1.54) is 24.8 Å². The van der Waals surface area contributed by atoms with E-state index >= 15 is 0 Å². The number of nitrogens with zero attached hydrogens (tertiary/aromatic N) is 2. The number of benzene rings is 1. The van der Waals surface area contributed by atoms with Gasteiger partial charge >= 0.3 is 0 Å². The predicted molar refractivity (Wildman–Crippen MR) is 88.1 cm³/mol. The fourth-order valence-electron chi connectivity index (χ4n) is 3.97. The molecule has 2 aliphatic heterocycles. The maximum absolute atomic E-state index is 5.63. The number of ether oxygens (including phenoxy) is 1. The molecule has 1 N–H and O–H groups in total. The van der Waals surface area contributed by atoms with Gasteiger partial charge in [-0.05, 0) is 24.8 Å². The molecular weight excluding hydrogens is 274 g/mol. The molecule has 0 radical (unpaired) electrons. The van der Waals surface area contributed by atoms with Crippen molar-refractivity contribution in [1.82, 2.24) is 10.2 Å². The summed E-state index contributed by atoms with van der Waals surface area (Å²) in [5.41, 5.74) is 1.83. The zero-order chi connectivity index (χ0) is 15.0. The van der Waals surface area contributed by atoms with Crippen LogP contribution < -0.4 is 5.32 Å². The van der Waals surface area contributed by atoms with Crippen molar-refractivity contribution in [2.45, 2.75) is 31.2 Å². The number of rotatable bonds is 2. The Kier molecular flexibility index (Phi) is 3.57. The second kappa shape index (κ2) is 5.58. The maximum Gasteiger partial charge on any atom is 0.193 e. The summed E-state index contributed by atoms with van der Waals surface area (Å²) in [4.78, 5) is 6.95. The molecular formula is C18H25N3O. The Hall–Kier alpha value is -1.55. The van der Waals surface area contributed by atoms with Crippen molar-refractivity contribution in [2.24, 2.45) is 10.4 Å². The molecule has 2 saturated heterocycles. The molecule has 0 amide bonds. The smallest absolute Gasteiger partial charge is 0.193 e. The topological polar surface area (TPSA) is 36.9 Å². The van der Waals surface area contributed by atoms with Gasteiger partial charge < -0.3 is 15.0 Å². The van der Waals surface area contributed by atoms with Crippen LogP contribution in [-0.4, -0.2) is 50.3 Å². The second-order valence-corrected chi connectivity index (χ2v) is 7.03. The third kappa shape index (κ3) is 2.60. The summed E-state index contributed by atoms with van der Waals surface area (Å²) in [6.07, 6.45) is 3.65. The van der Waals surface area contributed by atoms with E-state index in [0.717, 1.165) is 32.3 Å². The Morgan fingerprint density at radius 1 is 1.32 bits per heavy atom. The number of aliphatic imine (C=N–C) groups is 1. The lowest BCUT2D eigenvalue weighted by Crippen LogP contribution is -2.42. The highest BCUT2D eigenvalue weighted by Crippen LogP contribution is 2.42. The first-order valence-corrected chi connectivity index (χ1v) is 8.41. The Morgan fingerprint density at radius 2 is 2.18 bits per heavy atom. The van der Waals surface area contributed by atoms with Gasteiger partial charge in [-0.3, -0.25) is 4.99 Å². The molecule has 1 aliphatic carbocycles. The number of hydrogen-bond donors (Lipinski definition) is 1. The van der Waals surface area contributed by atoms with Crippen molar-refractivity contribution < 1.29 is 4.74 Å². The molecule has 2 heterocycles. The van der Waals surface area contributed by atoms with Gasteiger partial charge in [0.15, 0.2) is 5.96 Å². The van der Waals surface area contributed by atoms with Crippen LogP contribution in [0.1, 0.15) is 30.7 Å². The van der Waals surface area contributed by atoms with Crippen molar-refractivity contribution in [2.75, 3.05) is 33.4 Å². The quantitative estimate of drug-likeness (QED) is 0.672. The predicted octanol–water partition coefficient (Wildman–Crippen LogP) is 2.23. The summed E-state index contributed by atoms with van der Waals surface area (Å²) in [6, 6.07) is 11.3. The van der Waals surface area contributed by atoms with Gasteiger partial charge in [0.1, 0.15) is 0 Å². The van der Waals surface area contributed by atoms with Gasteiger partial charge in [0.25, 0.3) is 0 Å². The maximum atomic E-state index is 5.63. The standard InChI is InChI=1S/C18H25N3O/c1-19-17(21-9-7-18(12-21)8-10-22-13-18)20-16-11-15(16)14-5-3-2-4-6-14/h2-6,15-16H,7-13H2,1H3,(H,19,20). The van der Waals surface area contributed by atoms with E-state index in [4.69, 9.17) is 4.74 Å². The van der Waals surface area contributed by atoms with E-state index < -0.39 is 0 Å². The first-order valence-electron chi connectivity index (χ1n) is 8.41. The number of likely N-dealkylation sites (tertiary alicyclic amines) is 1. The molecule has 1 aromatic carbocycles. The normalized spacial score (nSPS) is 34.4. The highest BCUT2D eigenvalue weighted by atomic mass is 16.5. The molecule has 4 nitrogen and oxygen atoms in total. The van der Waals surface area contributed by atoms with E-state index in [0.29, 0.717) is 17.4 Å². The van der Waals surface area contributed by atoms with Crippen molar-refractivity contribution in [3.63, 3.8) is 0 Å². The van der Waals surface area contributed by atoms with Crippen LogP contribution >= 0.6 is 0 Å². The summed E-state index contributed by atoms with van der Waals surface area (Å²) in [7, 11) is 1.90. The molecule has 0 bridgehead atoms. The van der Waals surface area contributed by atoms with Gasteiger partial charge in [-0.25, -0.2) is 0 Å². The Balaban J connectivity index is 1.36. The molecule has 118 valence electrons. The van der Waals surface area contributed by atoms with Crippen molar-refractivity contribution in [3.8, 4) is 0 Å². The molecule has 1 spiro atoms. The molecule has 3 fully saturated rings. The lowest BCUT2D eigenvalue weighted by Gasteiger charge is -2.25. The molecule has 4 heteroatoms. The fourth-order valence-corrected chi connectivity index (χ4v) is 3.97. The van der Waals surface area contributed by atoms with Gasteiger partial charge in [-0.1, -0.05) is 30.3 Å². The van der Waals surface area contributed by atoms with E-state index in [9.17, 15) is 0 Å². The Labute approximate surface area is 132 Å². The van der Waals surface area contributed by atoms with Crippen LogP contribution in [0.25, 0.3) is 0 Å². The third-order valence-electron chi connectivity index (χ3n) is 5.47. The van der Waals surface area contributed by atoms with Gasteiger partial charge in [0.2, 0.25) is 0 Å². The minimum absolute atomic E-state index is 0.389. The highest BCUT2D eigenvalue weighted by Gasteiger charge is 2.44. The van der Waals surface area contributed by atoms with Gasteiger partial charge in [-0.15, -0.1) is 0 Å². The minimum atomic E-state index is 0.389. The first-order chi connectivity index (χ1) is 10.8. The van der Waals surface area contributed by atoms with Gasteiger partial charge in [-0.2, -0.15) is 0 Å². The van der Waals surface area contributed by atoms with Crippen LogP contribution in [-0.2, 0) is 4.74 Å². The van der Waals surface area contributed by atoms with Crippen LogP contribution in [0.4, 0.5) is 0 Å². The summed E-state index contributed by atoms with van der Waals surface area (Å²) in [6.45, 7) is 4.05. The molecule has 22 heavy (non-hydrogen) atoms. The first kappa shape index (κ1) is 14.1. The van der Waals surface area contributed by atoms with Crippen LogP contribution in [0.5, 0.6) is 0 Å². The monoisotopic (exact) mass is 299 g/mol. The number of guanidine groups is 1.